The van der Waals surface area contributed by atoms with Gasteiger partial charge in [-0.3, -0.25) is 4.79 Å². The first kappa shape index (κ1) is 17.0. The summed E-state index contributed by atoms with van der Waals surface area (Å²) in [5, 5.41) is 0.519. The number of halogens is 1. The minimum Gasteiger partial charge on any atom is -0.315 e. The van der Waals surface area contributed by atoms with Crippen LogP contribution in [0.4, 0.5) is 5.69 Å². The Kier molecular flexibility index (Phi) is 4.62. The fraction of sp³-hybridized carbons (Fsp3) is 0.235. The monoisotopic (exact) mass is 364 g/mol. The Bertz CT molecular complexity index is 896. The van der Waals surface area contributed by atoms with E-state index in [1.54, 1.807) is 48.3 Å². The molecule has 1 amide bonds. The van der Waals surface area contributed by atoms with Crippen molar-refractivity contribution in [1.82, 2.24) is 4.72 Å². The van der Waals surface area contributed by atoms with Gasteiger partial charge in [-0.2, -0.15) is 0 Å². The van der Waals surface area contributed by atoms with Gasteiger partial charge in [-0.1, -0.05) is 29.8 Å². The van der Waals surface area contributed by atoms with E-state index in [1.807, 2.05) is 0 Å². The van der Waals surface area contributed by atoms with Crippen LogP contribution in [0.2, 0.25) is 5.02 Å². The zero-order valence-corrected chi connectivity index (χ0v) is 14.7. The van der Waals surface area contributed by atoms with Crippen LogP contribution in [0, 0.1) is 0 Å². The Hall–Kier alpha value is -1.89. The van der Waals surface area contributed by atoms with E-state index in [0.29, 0.717) is 23.4 Å². The fourth-order valence-corrected chi connectivity index (χ4v) is 3.96. The second-order valence-corrected chi connectivity index (χ2v) is 7.83. The van der Waals surface area contributed by atoms with Crippen LogP contribution in [0.25, 0.3) is 0 Å². The molecule has 1 heterocycles. The molecule has 1 aliphatic heterocycles. The zero-order chi connectivity index (χ0) is 17.3. The molecule has 2 aromatic carbocycles. The fourth-order valence-electron chi connectivity index (χ4n) is 2.70. The van der Waals surface area contributed by atoms with Crippen LogP contribution >= 0.6 is 11.6 Å². The van der Waals surface area contributed by atoms with Gasteiger partial charge in [-0.15, -0.1) is 0 Å². The van der Waals surface area contributed by atoms with Gasteiger partial charge in [0.1, 0.15) is 0 Å². The van der Waals surface area contributed by atoms with Gasteiger partial charge >= 0.3 is 0 Å². The lowest BCUT2D eigenvalue weighted by Gasteiger charge is -2.26. The Morgan fingerprint density at radius 3 is 2.67 bits per heavy atom. The van der Waals surface area contributed by atoms with Crippen molar-refractivity contribution in [3.8, 4) is 0 Å². The summed E-state index contributed by atoms with van der Waals surface area (Å²) in [7, 11) is -1.95. The van der Waals surface area contributed by atoms with Gasteiger partial charge in [0.25, 0.3) is 0 Å². The van der Waals surface area contributed by atoms with Crippen LogP contribution in [-0.4, -0.2) is 21.4 Å². The average Bonchev–Trinajstić information content (AvgIpc) is 2.57. The number of nitrogens with one attached hydrogen (secondary N) is 1. The van der Waals surface area contributed by atoms with E-state index in [9.17, 15) is 13.2 Å². The average molecular weight is 365 g/mol. The molecule has 0 spiro atoms. The van der Waals surface area contributed by atoms with Gasteiger partial charge in [0, 0.05) is 30.7 Å². The first-order valence-corrected chi connectivity index (χ1v) is 9.37. The molecule has 0 radical (unpaired) electrons. The number of carbonyl (C=O) groups is 1. The Morgan fingerprint density at radius 2 is 1.92 bits per heavy atom. The van der Waals surface area contributed by atoms with Crippen LogP contribution in [0.1, 0.15) is 17.5 Å². The standard InChI is InChI=1S/C17H17ClN2O3S/c1-20-16-8-7-14(10-12(16)6-9-17(20)21)24(22,23)19-11-13-4-2-3-5-15(13)18/h2-5,7-8,10,19H,6,9,11H2,1H3. The predicted molar refractivity (Wildman–Crippen MR) is 93.7 cm³/mol. The first-order chi connectivity index (χ1) is 11.4. The number of rotatable bonds is 4. The molecule has 0 fully saturated rings. The van der Waals surface area contributed by atoms with E-state index >= 15 is 0 Å². The van der Waals surface area contributed by atoms with Crippen LogP contribution in [0.3, 0.4) is 0 Å². The number of carbonyl (C=O) groups excluding carboxylic acids is 1. The molecule has 7 heteroatoms. The highest BCUT2D eigenvalue weighted by Crippen LogP contribution is 2.29. The normalized spacial score (nSPS) is 14.6. The summed E-state index contributed by atoms with van der Waals surface area (Å²) in [6.45, 7) is 0.123. The molecule has 0 aromatic heterocycles. The number of hydrogen-bond donors (Lipinski definition) is 1. The lowest BCUT2D eigenvalue weighted by atomic mass is 10.0. The van der Waals surface area contributed by atoms with Crippen molar-refractivity contribution < 1.29 is 13.2 Å². The van der Waals surface area contributed by atoms with Crippen LogP contribution in [0.5, 0.6) is 0 Å². The van der Waals surface area contributed by atoms with Gasteiger partial charge < -0.3 is 4.90 Å². The van der Waals surface area contributed by atoms with E-state index in [2.05, 4.69) is 4.72 Å². The van der Waals surface area contributed by atoms with Crippen molar-refractivity contribution in [3.63, 3.8) is 0 Å². The van der Waals surface area contributed by atoms with Gasteiger partial charge in [0.15, 0.2) is 0 Å². The smallest absolute Gasteiger partial charge is 0.240 e. The molecule has 0 saturated heterocycles. The molecule has 0 bridgehead atoms. The van der Waals surface area contributed by atoms with Crippen LogP contribution in [0.15, 0.2) is 47.4 Å². The largest absolute Gasteiger partial charge is 0.315 e. The van der Waals surface area contributed by atoms with Crippen molar-refractivity contribution in [2.45, 2.75) is 24.3 Å². The molecule has 1 aliphatic rings. The predicted octanol–water partition coefficient (Wildman–Crippen LogP) is 2.73. The molecule has 126 valence electrons. The number of benzene rings is 2. The molecular formula is C17H17ClN2O3S. The third-order valence-electron chi connectivity index (χ3n) is 4.12. The molecule has 3 rings (SSSR count). The van der Waals surface area contributed by atoms with Crippen molar-refractivity contribution in [2.75, 3.05) is 11.9 Å². The van der Waals surface area contributed by atoms with E-state index in [1.165, 1.54) is 6.07 Å². The molecule has 24 heavy (non-hydrogen) atoms. The molecular weight excluding hydrogens is 348 g/mol. The Labute approximate surface area is 146 Å². The highest BCUT2D eigenvalue weighted by molar-refractivity contribution is 7.89. The van der Waals surface area contributed by atoms with Crippen LogP contribution in [-0.2, 0) is 27.8 Å². The lowest BCUT2D eigenvalue weighted by molar-refractivity contribution is -0.118. The molecule has 0 atom stereocenters. The molecule has 0 aliphatic carbocycles. The van der Waals surface area contributed by atoms with Gasteiger partial charge in [-0.05, 0) is 41.8 Å². The number of fused-ring (bicyclic) bond motifs is 1. The highest BCUT2D eigenvalue weighted by Gasteiger charge is 2.23. The second kappa shape index (κ2) is 6.55. The van der Waals surface area contributed by atoms with E-state index in [0.717, 1.165) is 11.3 Å². The third-order valence-corrected chi connectivity index (χ3v) is 5.88. The van der Waals surface area contributed by atoms with E-state index in [4.69, 9.17) is 11.6 Å². The Balaban J connectivity index is 1.83. The number of hydrogen-bond acceptors (Lipinski definition) is 3. The quantitative estimate of drug-likeness (QED) is 0.907. The van der Waals surface area contributed by atoms with Gasteiger partial charge in [0.2, 0.25) is 15.9 Å². The minimum atomic E-state index is -3.65. The van der Waals surface area contributed by atoms with Gasteiger partial charge in [-0.25, -0.2) is 13.1 Å². The summed E-state index contributed by atoms with van der Waals surface area (Å²) < 4.78 is 27.6. The highest BCUT2D eigenvalue weighted by atomic mass is 35.5. The SMILES string of the molecule is CN1C(=O)CCc2cc(S(=O)(=O)NCc3ccccc3Cl)ccc21. The number of nitrogens with zero attached hydrogens (tertiary/aromatic N) is 1. The van der Waals surface area contributed by atoms with Crippen molar-refractivity contribution in [3.05, 3.63) is 58.6 Å². The number of aryl methyl sites for hydroxylation is 1. The summed E-state index contributed by atoms with van der Waals surface area (Å²) in [5.74, 6) is 0.0370. The number of amides is 1. The first-order valence-electron chi connectivity index (χ1n) is 7.51. The van der Waals surface area contributed by atoms with Crippen molar-refractivity contribution in [1.29, 1.82) is 0 Å². The molecule has 0 saturated carbocycles. The van der Waals surface area contributed by atoms with Crippen LogP contribution < -0.4 is 9.62 Å². The number of anilines is 1. The summed E-state index contributed by atoms with van der Waals surface area (Å²) in [6, 6.07) is 11.9. The molecule has 5 nitrogen and oxygen atoms in total. The molecule has 2 aromatic rings. The Morgan fingerprint density at radius 1 is 1.17 bits per heavy atom. The topological polar surface area (TPSA) is 66.5 Å². The lowest BCUT2D eigenvalue weighted by Crippen LogP contribution is -2.31. The van der Waals surface area contributed by atoms with Gasteiger partial charge in [0.05, 0.1) is 4.90 Å². The minimum absolute atomic E-state index is 0.0370. The molecule has 0 unspecified atom stereocenters. The number of sulfonamides is 1. The van der Waals surface area contributed by atoms with E-state index < -0.39 is 10.0 Å². The maximum absolute atomic E-state index is 12.5. The second-order valence-electron chi connectivity index (χ2n) is 5.66. The summed E-state index contributed by atoms with van der Waals surface area (Å²) in [4.78, 5) is 13.5. The van der Waals surface area contributed by atoms with Crippen molar-refractivity contribution in [2.24, 2.45) is 0 Å². The summed E-state index contributed by atoms with van der Waals surface area (Å²) in [5.41, 5.74) is 2.33. The van der Waals surface area contributed by atoms with E-state index in [-0.39, 0.29) is 17.3 Å². The summed E-state index contributed by atoms with van der Waals surface area (Å²) >= 11 is 6.05. The third kappa shape index (κ3) is 3.31. The molecule has 1 N–H and O–H groups in total. The summed E-state index contributed by atoms with van der Waals surface area (Å²) in [6.07, 6.45) is 0.937. The van der Waals surface area contributed by atoms with Crippen molar-refractivity contribution >= 4 is 33.2 Å². The maximum Gasteiger partial charge on any atom is 0.240 e. The maximum atomic E-state index is 12.5. The zero-order valence-electron chi connectivity index (χ0n) is 13.1.